The quantitative estimate of drug-likeness (QED) is 0.928. The topological polar surface area (TPSA) is 32.3 Å². The second-order valence-corrected chi connectivity index (χ2v) is 7.04. The maximum Gasteiger partial charge on any atom is 0.229 e. The van der Waals surface area contributed by atoms with Crippen molar-refractivity contribution in [2.45, 2.75) is 45.1 Å². The smallest absolute Gasteiger partial charge is 0.229 e. The van der Waals surface area contributed by atoms with Crippen LogP contribution < -0.4 is 5.32 Å². The van der Waals surface area contributed by atoms with Gasteiger partial charge in [0, 0.05) is 11.4 Å². The van der Waals surface area contributed by atoms with Crippen molar-refractivity contribution in [3.8, 4) is 0 Å². The zero-order valence-corrected chi connectivity index (χ0v) is 13.0. The Kier molecular flexibility index (Phi) is 4.13. The molecule has 20 heavy (non-hydrogen) atoms. The van der Waals surface area contributed by atoms with E-state index in [0.717, 1.165) is 51.7 Å². The minimum atomic E-state index is -0.106. The standard InChI is InChI=1S/C16H24N2OS/c1-2-16(7-9-17-10-8-16)15(19)18-11-3-5-13(18)14-6-4-12-20-14/h4,6,12-13,17H,2-3,5,7-11H2,1H3. The van der Waals surface area contributed by atoms with Gasteiger partial charge in [-0.1, -0.05) is 13.0 Å². The number of carbonyl (C=O) groups excluding carboxylic acids is 1. The molecule has 0 bridgehead atoms. The van der Waals surface area contributed by atoms with E-state index in [-0.39, 0.29) is 5.41 Å². The maximum absolute atomic E-state index is 13.2. The van der Waals surface area contributed by atoms with E-state index in [9.17, 15) is 4.79 Å². The van der Waals surface area contributed by atoms with E-state index in [1.165, 1.54) is 4.88 Å². The molecule has 1 N–H and O–H groups in total. The first-order chi connectivity index (χ1) is 9.77. The van der Waals surface area contributed by atoms with Gasteiger partial charge in [-0.25, -0.2) is 0 Å². The van der Waals surface area contributed by atoms with Crippen LogP contribution in [0.15, 0.2) is 17.5 Å². The number of likely N-dealkylation sites (tertiary alicyclic amines) is 1. The van der Waals surface area contributed by atoms with Gasteiger partial charge in [-0.05, 0) is 56.6 Å². The van der Waals surface area contributed by atoms with Gasteiger partial charge in [0.1, 0.15) is 0 Å². The lowest BCUT2D eigenvalue weighted by Gasteiger charge is -2.40. The molecule has 0 saturated carbocycles. The molecule has 3 rings (SSSR count). The van der Waals surface area contributed by atoms with Gasteiger partial charge in [0.25, 0.3) is 0 Å². The third-order valence-corrected chi connectivity index (χ3v) is 6.05. The number of piperidine rings is 1. The van der Waals surface area contributed by atoms with Gasteiger partial charge in [-0.3, -0.25) is 4.79 Å². The maximum atomic E-state index is 13.2. The Hall–Kier alpha value is -0.870. The predicted molar refractivity (Wildman–Crippen MR) is 82.8 cm³/mol. The summed E-state index contributed by atoms with van der Waals surface area (Å²) in [4.78, 5) is 16.7. The number of nitrogens with zero attached hydrogens (tertiary/aromatic N) is 1. The SMILES string of the molecule is CCC1(C(=O)N2CCCC2c2cccs2)CCNCC1. The predicted octanol–water partition coefficient (Wildman–Crippen LogP) is 3.19. The first-order valence-corrected chi connectivity index (χ1v) is 8.70. The van der Waals surface area contributed by atoms with Gasteiger partial charge in [0.15, 0.2) is 0 Å². The van der Waals surface area contributed by atoms with Crippen LogP contribution in [-0.4, -0.2) is 30.4 Å². The van der Waals surface area contributed by atoms with Crippen molar-refractivity contribution in [1.29, 1.82) is 0 Å². The summed E-state index contributed by atoms with van der Waals surface area (Å²) in [5, 5.41) is 5.51. The minimum absolute atomic E-state index is 0.106. The molecule has 1 amide bonds. The molecule has 3 heterocycles. The van der Waals surface area contributed by atoms with Crippen molar-refractivity contribution in [2.24, 2.45) is 5.41 Å². The number of amides is 1. The van der Waals surface area contributed by atoms with Crippen molar-refractivity contribution >= 4 is 17.2 Å². The summed E-state index contributed by atoms with van der Waals surface area (Å²) in [5.41, 5.74) is -0.106. The first-order valence-electron chi connectivity index (χ1n) is 7.82. The highest BCUT2D eigenvalue weighted by atomic mass is 32.1. The normalized spacial score (nSPS) is 25.9. The van der Waals surface area contributed by atoms with E-state index in [0.29, 0.717) is 11.9 Å². The zero-order valence-electron chi connectivity index (χ0n) is 12.2. The Labute approximate surface area is 125 Å². The molecule has 1 unspecified atom stereocenters. The molecule has 0 aromatic carbocycles. The number of hydrogen-bond donors (Lipinski definition) is 1. The summed E-state index contributed by atoms with van der Waals surface area (Å²) >= 11 is 1.79. The first kappa shape index (κ1) is 14.1. The summed E-state index contributed by atoms with van der Waals surface area (Å²) in [6.45, 7) is 5.09. The molecule has 2 aliphatic heterocycles. The second-order valence-electron chi connectivity index (χ2n) is 6.06. The Morgan fingerprint density at radius 2 is 2.30 bits per heavy atom. The number of hydrogen-bond acceptors (Lipinski definition) is 3. The summed E-state index contributed by atoms with van der Waals surface area (Å²) in [6.07, 6.45) is 5.24. The van der Waals surface area contributed by atoms with Crippen LogP contribution >= 0.6 is 11.3 Å². The van der Waals surface area contributed by atoms with Crippen LogP contribution in [-0.2, 0) is 4.79 Å². The molecule has 1 atom stereocenters. The van der Waals surface area contributed by atoms with E-state index in [4.69, 9.17) is 0 Å². The third kappa shape index (κ3) is 2.40. The number of rotatable bonds is 3. The van der Waals surface area contributed by atoms with Gasteiger partial charge >= 0.3 is 0 Å². The Morgan fingerprint density at radius 1 is 1.50 bits per heavy atom. The monoisotopic (exact) mass is 292 g/mol. The highest BCUT2D eigenvalue weighted by Gasteiger charge is 2.43. The van der Waals surface area contributed by atoms with Crippen molar-refractivity contribution in [2.75, 3.05) is 19.6 Å². The summed E-state index contributed by atoms with van der Waals surface area (Å²) in [6, 6.07) is 4.61. The molecule has 3 nitrogen and oxygen atoms in total. The van der Waals surface area contributed by atoms with E-state index >= 15 is 0 Å². The van der Waals surface area contributed by atoms with Crippen LogP contribution in [0.2, 0.25) is 0 Å². The number of thiophene rings is 1. The molecule has 2 saturated heterocycles. The summed E-state index contributed by atoms with van der Waals surface area (Å²) in [7, 11) is 0. The zero-order chi connectivity index (χ0) is 14.0. The van der Waals surface area contributed by atoms with Crippen molar-refractivity contribution in [3.05, 3.63) is 22.4 Å². The lowest BCUT2D eigenvalue weighted by molar-refractivity contribution is -0.145. The molecule has 2 fully saturated rings. The fourth-order valence-corrected chi connectivity index (χ4v) is 4.59. The minimum Gasteiger partial charge on any atom is -0.334 e. The van der Waals surface area contributed by atoms with Gasteiger partial charge in [0.2, 0.25) is 5.91 Å². The molecular formula is C16H24N2OS. The van der Waals surface area contributed by atoms with Gasteiger partial charge in [0.05, 0.1) is 11.5 Å². The Morgan fingerprint density at radius 3 is 2.95 bits per heavy atom. The van der Waals surface area contributed by atoms with E-state index in [1.807, 2.05) is 0 Å². The second kappa shape index (κ2) is 5.86. The summed E-state index contributed by atoms with van der Waals surface area (Å²) < 4.78 is 0. The molecule has 110 valence electrons. The van der Waals surface area contributed by atoms with Crippen LogP contribution in [0.25, 0.3) is 0 Å². The average Bonchev–Trinajstić information content (AvgIpc) is 3.17. The van der Waals surface area contributed by atoms with E-state index in [2.05, 4.69) is 34.7 Å². The van der Waals surface area contributed by atoms with Crippen LogP contribution in [0, 0.1) is 5.41 Å². The van der Waals surface area contributed by atoms with Crippen molar-refractivity contribution in [3.63, 3.8) is 0 Å². The molecule has 2 aliphatic rings. The lowest BCUT2D eigenvalue weighted by atomic mass is 9.75. The molecule has 0 aliphatic carbocycles. The number of nitrogens with one attached hydrogen (secondary N) is 1. The lowest BCUT2D eigenvalue weighted by Crippen LogP contribution is -2.48. The molecule has 1 aromatic heterocycles. The highest BCUT2D eigenvalue weighted by molar-refractivity contribution is 7.10. The van der Waals surface area contributed by atoms with Gasteiger partial charge in [-0.15, -0.1) is 11.3 Å². The average molecular weight is 292 g/mol. The van der Waals surface area contributed by atoms with E-state index in [1.54, 1.807) is 11.3 Å². The van der Waals surface area contributed by atoms with Gasteiger partial charge in [-0.2, -0.15) is 0 Å². The van der Waals surface area contributed by atoms with Crippen LogP contribution in [0.5, 0.6) is 0 Å². The summed E-state index contributed by atoms with van der Waals surface area (Å²) in [5.74, 6) is 0.414. The number of carbonyl (C=O) groups is 1. The fraction of sp³-hybridized carbons (Fsp3) is 0.688. The molecule has 0 radical (unpaired) electrons. The Balaban J connectivity index is 1.81. The Bertz CT molecular complexity index is 451. The van der Waals surface area contributed by atoms with Crippen molar-refractivity contribution in [1.82, 2.24) is 10.2 Å². The molecule has 4 heteroatoms. The van der Waals surface area contributed by atoms with Gasteiger partial charge < -0.3 is 10.2 Å². The third-order valence-electron chi connectivity index (χ3n) is 5.08. The van der Waals surface area contributed by atoms with Crippen molar-refractivity contribution < 1.29 is 4.79 Å². The van der Waals surface area contributed by atoms with Crippen LogP contribution in [0.1, 0.15) is 49.9 Å². The largest absolute Gasteiger partial charge is 0.334 e. The van der Waals surface area contributed by atoms with Crippen LogP contribution in [0.4, 0.5) is 0 Å². The molecule has 0 spiro atoms. The molecule has 1 aromatic rings. The fourth-order valence-electron chi connectivity index (χ4n) is 3.72. The molecular weight excluding hydrogens is 268 g/mol. The van der Waals surface area contributed by atoms with E-state index < -0.39 is 0 Å². The van der Waals surface area contributed by atoms with Crippen LogP contribution in [0.3, 0.4) is 0 Å². The highest BCUT2D eigenvalue weighted by Crippen LogP contribution is 2.41.